The normalized spacial score (nSPS) is 19.8. The summed E-state index contributed by atoms with van der Waals surface area (Å²) < 4.78 is 12.3. The maximum atomic E-state index is 11.7. The van der Waals surface area contributed by atoms with Crippen LogP contribution in [-0.4, -0.2) is 58.6 Å². The average molecular weight is 323 g/mol. The van der Waals surface area contributed by atoms with Gasteiger partial charge in [-0.15, -0.1) is 0 Å². The maximum Gasteiger partial charge on any atom is 0.447 e. The van der Waals surface area contributed by atoms with E-state index >= 15 is 0 Å². The van der Waals surface area contributed by atoms with Crippen LogP contribution in [0.3, 0.4) is 0 Å². The second-order valence-electron chi connectivity index (χ2n) is 3.63. The quantitative estimate of drug-likeness (QED) is 0.445. The van der Waals surface area contributed by atoms with Crippen LogP contribution in [0, 0.1) is 0 Å². The number of hydrogen-bond donors (Lipinski definition) is 0. The minimum atomic E-state index is -0.696. The molecule has 0 aromatic rings. The van der Waals surface area contributed by atoms with Crippen molar-refractivity contribution < 1.29 is 23.9 Å². The number of amides is 2. The fourth-order valence-electron chi connectivity index (χ4n) is 1.09. The van der Waals surface area contributed by atoms with Crippen molar-refractivity contribution in [3.8, 4) is 0 Å². The Labute approximate surface area is 126 Å². The summed E-state index contributed by atoms with van der Waals surface area (Å²) in [5, 5.41) is 4.34. The molecule has 8 nitrogen and oxygen atoms in total. The standard InChI is InChI=1S/C10H17N3O5S2/c1-5-16-9(14)12(3)20-13(4)10(15)18-11-8-7(2)17-6-19-8/h7H,5-6H2,1-4H3/b11-8+. The lowest BCUT2D eigenvalue weighted by Gasteiger charge is -2.20. The second kappa shape index (κ2) is 8.22. The monoisotopic (exact) mass is 323 g/mol. The van der Waals surface area contributed by atoms with Crippen LogP contribution in [-0.2, 0) is 14.3 Å². The average Bonchev–Trinajstić information content (AvgIpc) is 2.81. The smallest absolute Gasteiger partial charge is 0.447 e. The molecule has 1 heterocycles. The summed E-state index contributed by atoms with van der Waals surface area (Å²) in [5.74, 6) is 0.494. The number of hydrogen-bond acceptors (Lipinski definition) is 8. The minimum absolute atomic E-state index is 0.173. The molecule has 20 heavy (non-hydrogen) atoms. The zero-order chi connectivity index (χ0) is 15.1. The van der Waals surface area contributed by atoms with E-state index in [9.17, 15) is 9.59 Å². The van der Waals surface area contributed by atoms with Crippen molar-refractivity contribution >= 4 is 41.1 Å². The van der Waals surface area contributed by atoms with E-state index in [0.717, 1.165) is 16.4 Å². The van der Waals surface area contributed by atoms with Crippen molar-refractivity contribution in [1.82, 2.24) is 8.61 Å². The van der Waals surface area contributed by atoms with Crippen molar-refractivity contribution in [3.05, 3.63) is 0 Å². The lowest BCUT2D eigenvalue weighted by atomic mass is 10.4. The first kappa shape index (κ1) is 16.9. The first-order chi connectivity index (χ1) is 9.45. The molecular weight excluding hydrogens is 306 g/mol. The molecule has 0 aliphatic carbocycles. The van der Waals surface area contributed by atoms with Crippen molar-refractivity contribution in [1.29, 1.82) is 0 Å². The summed E-state index contributed by atoms with van der Waals surface area (Å²) in [6.07, 6.45) is -1.41. The molecule has 0 spiro atoms. The first-order valence-electron chi connectivity index (χ1n) is 5.81. The van der Waals surface area contributed by atoms with E-state index in [1.54, 1.807) is 6.92 Å². The number of carbonyl (C=O) groups excluding carboxylic acids is 2. The lowest BCUT2D eigenvalue weighted by Crippen LogP contribution is -2.29. The summed E-state index contributed by atoms with van der Waals surface area (Å²) >= 11 is 2.22. The Balaban J connectivity index is 2.41. The molecule has 10 heteroatoms. The highest BCUT2D eigenvalue weighted by atomic mass is 32.2. The molecule has 0 bridgehead atoms. The predicted octanol–water partition coefficient (Wildman–Crippen LogP) is 2.13. The van der Waals surface area contributed by atoms with Gasteiger partial charge in [-0.3, -0.25) is 4.84 Å². The van der Waals surface area contributed by atoms with E-state index in [4.69, 9.17) is 14.3 Å². The van der Waals surface area contributed by atoms with E-state index in [-0.39, 0.29) is 12.7 Å². The number of ether oxygens (including phenoxy) is 2. The van der Waals surface area contributed by atoms with Gasteiger partial charge < -0.3 is 9.47 Å². The summed E-state index contributed by atoms with van der Waals surface area (Å²) in [6.45, 7) is 3.79. The fourth-order valence-corrected chi connectivity index (χ4v) is 2.46. The topological polar surface area (TPSA) is 80.7 Å². The van der Waals surface area contributed by atoms with Crippen molar-refractivity contribution in [2.75, 3.05) is 26.6 Å². The molecule has 0 saturated carbocycles. The van der Waals surface area contributed by atoms with Gasteiger partial charge in [-0.2, -0.15) is 0 Å². The molecule has 1 fully saturated rings. The summed E-state index contributed by atoms with van der Waals surface area (Å²) in [7, 11) is 2.95. The zero-order valence-electron chi connectivity index (χ0n) is 11.7. The fraction of sp³-hybridized carbons (Fsp3) is 0.700. The van der Waals surface area contributed by atoms with Gasteiger partial charge >= 0.3 is 12.2 Å². The van der Waals surface area contributed by atoms with Gasteiger partial charge in [0.25, 0.3) is 0 Å². The summed E-state index contributed by atoms with van der Waals surface area (Å²) in [5.41, 5.74) is 0. The molecule has 0 aromatic heterocycles. The van der Waals surface area contributed by atoms with E-state index in [1.807, 2.05) is 6.92 Å². The SMILES string of the molecule is CCOC(=O)N(C)SN(C)C(=O)O/N=C1/SCOC1C. The largest absolute Gasteiger partial charge is 0.449 e. The third-order valence-corrected chi connectivity index (χ3v) is 3.86. The molecule has 1 aliphatic rings. The van der Waals surface area contributed by atoms with E-state index in [0.29, 0.717) is 11.0 Å². The Morgan fingerprint density at radius 2 is 2.10 bits per heavy atom. The first-order valence-corrected chi connectivity index (χ1v) is 7.52. The van der Waals surface area contributed by atoms with Crippen molar-refractivity contribution in [3.63, 3.8) is 0 Å². The molecular formula is C10H17N3O5S2. The van der Waals surface area contributed by atoms with E-state index in [2.05, 4.69) is 5.16 Å². The highest BCUT2D eigenvalue weighted by Gasteiger charge is 2.22. The molecule has 1 saturated heterocycles. The zero-order valence-corrected chi connectivity index (χ0v) is 13.3. The van der Waals surface area contributed by atoms with Crippen LogP contribution in [0.1, 0.15) is 13.8 Å². The highest BCUT2D eigenvalue weighted by Crippen LogP contribution is 2.21. The predicted molar refractivity (Wildman–Crippen MR) is 77.1 cm³/mol. The molecule has 0 N–H and O–H groups in total. The molecule has 1 rings (SSSR count). The molecule has 1 aliphatic heterocycles. The van der Waals surface area contributed by atoms with Gasteiger partial charge in [-0.1, -0.05) is 16.9 Å². The van der Waals surface area contributed by atoms with Crippen LogP contribution in [0.5, 0.6) is 0 Å². The van der Waals surface area contributed by atoms with Gasteiger partial charge in [0, 0.05) is 14.1 Å². The Morgan fingerprint density at radius 3 is 2.65 bits per heavy atom. The molecule has 0 aromatic carbocycles. The van der Waals surface area contributed by atoms with Crippen LogP contribution < -0.4 is 0 Å². The Hall–Kier alpha value is -1.13. The van der Waals surface area contributed by atoms with Crippen LogP contribution in [0.4, 0.5) is 9.59 Å². The van der Waals surface area contributed by atoms with Crippen LogP contribution >= 0.6 is 23.9 Å². The molecule has 114 valence electrons. The third kappa shape index (κ3) is 5.10. The maximum absolute atomic E-state index is 11.7. The van der Waals surface area contributed by atoms with Crippen LogP contribution in [0.2, 0.25) is 0 Å². The van der Waals surface area contributed by atoms with Gasteiger partial charge in [0.2, 0.25) is 0 Å². The number of carbonyl (C=O) groups is 2. The Kier molecular flexibility index (Phi) is 6.96. The molecule has 2 amide bonds. The molecule has 1 unspecified atom stereocenters. The molecule has 0 radical (unpaired) electrons. The van der Waals surface area contributed by atoms with Gasteiger partial charge in [0.05, 0.1) is 24.7 Å². The van der Waals surface area contributed by atoms with E-state index < -0.39 is 12.2 Å². The second-order valence-corrected chi connectivity index (χ2v) is 5.83. The van der Waals surface area contributed by atoms with Crippen molar-refractivity contribution in [2.24, 2.45) is 5.16 Å². The van der Waals surface area contributed by atoms with Gasteiger partial charge in [-0.05, 0) is 13.8 Å². The summed E-state index contributed by atoms with van der Waals surface area (Å²) in [6, 6.07) is 0. The minimum Gasteiger partial charge on any atom is -0.449 e. The number of thioether (sulfide) groups is 1. The van der Waals surface area contributed by atoms with Gasteiger partial charge in [0.1, 0.15) is 11.1 Å². The number of nitrogens with zero attached hydrogens (tertiary/aromatic N) is 3. The van der Waals surface area contributed by atoms with Gasteiger partial charge in [0.15, 0.2) is 0 Å². The lowest BCUT2D eigenvalue weighted by molar-refractivity contribution is 0.129. The highest BCUT2D eigenvalue weighted by molar-refractivity contribution is 8.14. The Bertz CT molecular complexity index is 393. The summed E-state index contributed by atoms with van der Waals surface area (Å²) in [4.78, 5) is 27.8. The van der Waals surface area contributed by atoms with E-state index in [1.165, 1.54) is 30.2 Å². The van der Waals surface area contributed by atoms with Crippen LogP contribution in [0.25, 0.3) is 0 Å². The van der Waals surface area contributed by atoms with Gasteiger partial charge in [-0.25, -0.2) is 18.2 Å². The number of rotatable bonds is 4. The number of oxime groups is 1. The molecule has 1 atom stereocenters. The van der Waals surface area contributed by atoms with Crippen LogP contribution in [0.15, 0.2) is 5.16 Å². The third-order valence-electron chi connectivity index (χ3n) is 2.11. The van der Waals surface area contributed by atoms with Crippen molar-refractivity contribution in [2.45, 2.75) is 20.0 Å². The Morgan fingerprint density at radius 1 is 1.45 bits per heavy atom.